The molecule has 1 aliphatic rings. The smallest absolute Gasteiger partial charge is 0.258 e. The fourth-order valence-corrected chi connectivity index (χ4v) is 3.13. The van der Waals surface area contributed by atoms with Crippen LogP contribution in [0.3, 0.4) is 0 Å². The number of aryl methyl sites for hydroxylation is 1. The number of aromatic nitrogens is 1. The van der Waals surface area contributed by atoms with E-state index in [9.17, 15) is 4.79 Å². The third-order valence-electron chi connectivity index (χ3n) is 4.34. The van der Waals surface area contributed by atoms with Gasteiger partial charge in [0, 0.05) is 24.2 Å². The molecular weight excluding hydrogens is 236 g/mol. The summed E-state index contributed by atoms with van der Waals surface area (Å²) < 4.78 is 1.83. The molecule has 1 aliphatic carbocycles. The number of rotatable bonds is 3. The van der Waals surface area contributed by atoms with Crippen LogP contribution in [-0.4, -0.2) is 10.6 Å². The highest BCUT2D eigenvalue weighted by Crippen LogP contribution is 2.27. The van der Waals surface area contributed by atoms with Gasteiger partial charge in [-0.25, -0.2) is 0 Å². The fraction of sp³-hybridized carbons (Fsp3) is 0.438. The first-order valence-corrected chi connectivity index (χ1v) is 7.09. The van der Waals surface area contributed by atoms with Crippen molar-refractivity contribution in [2.45, 2.75) is 38.3 Å². The Balaban J connectivity index is 1.81. The van der Waals surface area contributed by atoms with Crippen LogP contribution in [0.5, 0.6) is 0 Å². The monoisotopic (exact) mass is 256 g/mol. The van der Waals surface area contributed by atoms with Gasteiger partial charge in [0.05, 0.1) is 0 Å². The quantitative estimate of drug-likeness (QED) is 0.917. The first kappa shape index (κ1) is 12.4. The number of hydrogen-bond donors (Lipinski definition) is 1. The molecule has 0 amide bonds. The van der Waals surface area contributed by atoms with Crippen molar-refractivity contribution in [2.24, 2.45) is 11.7 Å². The van der Waals surface area contributed by atoms with E-state index < -0.39 is 0 Å². The maximum atomic E-state index is 12.3. The summed E-state index contributed by atoms with van der Waals surface area (Å²) in [6, 6.07) is 10.1. The van der Waals surface area contributed by atoms with Crippen molar-refractivity contribution in [1.29, 1.82) is 0 Å². The standard InChI is InChI=1S/C16H20N2O/c17-15-7-3-5-13(15)9-11-18-10-8-12-4-1-2-6-14(12)16(18)19/h1-2,4,6,8,10,13,15H,3,5,7,9,11,17H2. The van der Waals surface area contributed by atoms with Gasteiger partial charge in [-0.3, -0.25) is 4.79 Å². The molecule has 1 fully saturated rings. The normalized spacial score (nSPS) is 23.0. The summed E-state index contributed by atoms with van der Waals surface area (Å²) in [6.45, 7) is 0.780. The molecular formula is C16H20N2O. The average Bonchev–Trinajstić information content (AvgIpc) is 2.84. The summed E-state index contributed by atoms with van der Waals surface area (Å²) in [4.78, 5) is 12.3. The zero-order chi connectivity index (χ0) is 13.2. The van der Waals surface area contributed by atoms with E-state index in [0.717, 1.165) is 30.2 Å². The molecule has 3 rings (SSSR count). The Morgan fingerprint density at radius 2 is 2.05 bits per heavy atom. The van der Waals surface area contributed by atoms with E-state index in [-0.39, 0.29) is 5.56 Å². The van der Waals surface area contributed by atoms with Crippen LogP contribution in [-0.2, 0) is 6.54 Å². The van der Waals surface area contributed by atoms with Gasteiger partial charge >= 0.3 is 0 Å². The molecule has 1 heterocycles. The van der Waals surface area contributed by atoms with E-state index in [1.165, 1.54) is 12.8 Å². The average molecular weight is 256 g/mol. The lowest BCUT2D eigenvalue weighted by atomic mass is 10.0. The van der Waals surface area contributed by atoms with Crippen LogP contribution in [0, 0.1) is 5.92 Å². The third kappa shape index (κ3) is 2.43. The second kappa shape index (κ2) is 5.17. The van der Waals surface area contributed by atoms with Crippen molar-refractivity contribution in [3.63, 3.8) is 0 Å². The van der Waals surface area contributed by atoms with E-state index in [1.54, 1.807) is 0 Å². The van der Waals surface area contributed by atoms with Gasteiger partial charge < -0.3 is 10.3 Å². The molecule has 0 bridgehead atoms. The van der Waals surface area contributed by atoms with Crippen LogP contribution in [0.4, 0.5) is 0 Å². The minimum Gasteiger partial charge on any atom is -0.327 e. The second-order valence-electron chi connectivity index (χ2n) is 5.55. The van der Waals surface area contributed by atoms with E-state index in [2.05, 4.69) is 0 Å². The number of benzene rings is 1. The summed E-state index contributed by atoms with van der Waals surface area (Å²) >= 11 is 0. The van der Waals surface area contributed by atoms with E-state index in [0.29, 0.717) is 12.0 Å². The number of nitrogens with two attached hydrogens (primary N) is 1. The van der Waals surface area contributed by atoms with Crippen LogP contribution in [0.2, 0.25) is 0 Å². The van der Waals surface area contributed by atoms with Crippen LogP contribution in [0.25, 0.3) is 10.8 Å². The molecule has 2 atom stereocenters. The molecule has 2 aromatic rings. The van der Waals surface area contributed by atoms with E-state index >= 15 is 0 Å². The molecule has 100 valence electrons. The van der Waals surface area contributed by atoms with E-state index in [1.807, 2.05) is 41.1 Å². The molecule has 2 N–H and O–H groups in total. The molecule has 1 aromatic carbocycles. The minimum atomic E-state index is 0.115. The molecule has 3 heteroatoms. The molecule has 0 spiro atoms. The van der Waals surface area contributed by atoms with Crippen LogP contribution >= 0.6 is 0 Å². The zero-order valence-corrected chi connectivity index (χ0v) is 11.1. The van der Waals surface area contributed by atoms with Crippen LogP contribution in [0.1, 0.15) is 25.7 Å². The fourth-order valence-electron chi connectivity index (χ4n) is 3.13. The van der Waals surface area contributed by atoms with Crippen LogP contribution < -0.4 is 11.3 Å². The molecule has 0 aliphatic heterocycles. The van der Waals surface area contributed by atoms with Gasteiger partial charge in [0.1, 0.15) is 0 Å². The molecule has 1 saturated carbocycles. The highest BCUT2D eigenvalue weighted by atomic mass is 16.1. The second-order valence-corrected chi connectivity index (χ2v) is 5.55. The van der Waals surface area contributed by atoms with Gasteiger partial charge in [0.25, 0.3) is 5.56 Å². The van der Waals surface area contributed by atoms with Crippen molar-refractivity contribution < 1.29 is 0 Å². The zero-order valence-electron chi connectivity index (χ0n) is 11.1. The lowest BCUT2D eigenvalue weighted by Gasteiger charge is -2.16. The van der Waals surface area contributed by atoms with Gasteiger partial charge in [-0.1, -0.05) is 24.6 Å². The van der Waals surface area contributed by atoms with Gasteiger partial charge in [-0.05, 0) is 42.7 Å². The Labute approximate surface area is 113 Å². The van der Waals surface area contributed by atoms with Crippen molar-refractivity contribution in [3.05, 3.63) is 46.9 Å². The summed E-state index contributed by atoms with van der Waals surface area (Å²) in [6.07, 6.45) is 6.50. The number of hydrogen-bond acceptors (Lipinski definition) is 2. The number of fused-ring (bicyclic) bond motifs is 1. The molecule has 3 nitrogen and oxygen atoms in total. The molecule has 0 saturated heterocycles. The van der Waals surface area contributed by atoms with Crippen molar-refractivity contribution in [2.75, 3.05) is 0 Å². The summed E-state index contributed by atoms with van der Waals surface area (Å²) in [5.74, 6) is 0.582. The molecule has 19 heavy (non-hydrogen) atoms. The van der Waals surface area contributed by atoms with Crippen LogP contribution in [0.15, 0.2) is 41.3 Å². The SMILES string of the molecule is NC1CCCC1CCn1ccc2ccccc2c1=O. The van der Waals surface area contributed by atoms with Gasteiger partial charge in [0.2, 0.25) is 0 Å². The number of nitrogens with zero attached hydrogens (tertiary/aromatic N) is 1. The lowest BCUT2D eigenvalue weighted by Crippen LogP contribution is -2.27. The predicted octanol–water partition coefficient (Wildman–Crippen LogP) is 2.52. The van der Waals surface area contributed by atoms with Gasteiger partial charge in [-0.15, -0.1) is 0 Å². The van der Waals surface area contributed by atoms with Gasteiger partial charge in [0.15, 0.2) is 0 Å². The van der Waals surface area contributed by atoms with Crippen molar-refractivity contribution in [1.82, 2.24) is 4.57 Å². The predicted molar refractivity (Wildman–Crippen MR) is 78.1 cm³/mol. The number of pyridine rings is 1. The maximum absolute atomic E-state index is 12.3. The summed E-state index contributed by atoms with van der Waals surface area (Å²) in [5.41, 5.74) is 6.20. The third-order valence-corrected chi connectivity index (χ3v) is 4.34. The van der Waals surface area contributed by atoms with E-state index in [4.69, 9.17) is 5.73 Å². The largest absolute Gasteiger partial charge is 0.327 e. The lowest BCUT2D eigenvalue weighted by molar-refractivity contribution is 0.412. The summed E-state index contributed by atoms with van der Waals surface area (Å²) in [7, 11) is 0. The first-order valence-electron chi connectivity index (χ1n) is 7.09. The van der Waals surface area contributed by atoms with Crippen molar-refractivity contribution in [3.8, 4) is 0 Å². The topological polar surface area (TPSA) is 48.0 Å². The Morgan fingerprint density at radius 1 is 1.21 bits per heavy atom. The van der Waals surface area contributed by atoms with Gasteiger partial charge in [-0.2, -0.15) is 0 Å². The highest BCUT2D eigenvalue weighted by molar-refractivity contribution is 5.81. The Kier molecular flexibility index (Phi) is 3.38. The maximum Gasteiger partial charge on any atom is 0.258 e. The Morgan fingerprint density at radius 3 is 2.84 bits per heavy atom. The first-order chi connectivity index (χ1) is 9.25. The highest BCUT2D eigenvalue weighted by Gasteiger charge is 2.23. The molecule has 1 aromatic heterocycles. The Hall–Kier alpha value is -1.61. The molecule has 2 unspecified atom stereocenters. The van der Waals surface area contributed by atoms with Crippen molar-refractivity contribution >= 4 is 10.8 Å². The minimum absolute atomic E-state index is 0.115. The molecule has 0 radical (unpaired) electrons. The summed E-state index contributed by atoms with van der Waals surface area (Å²) in [5, 5.41) is 1.82. The Bertz CT molecular complexity index is 632.